The number of amides is 1. The molecule has 0 radical (unpaired) electrons. The number of anilines is 1. The highest BCUT2D eigenvalue weighted by Gasteiger charge is 2.17. The van der Waals surface area contributed by atoms with E-state index in [1.807, 2.05) is 0 Å². The van der Waals surface area contributed by atoms with Crippen molar-refractivity contribution in [3.63, 3.8) is 0 Å². The Kier molecular flexibility index (Phi) is 4.50. The van der Waals surface area contributed by atoms with E-state index in [9.17, 15) is 14.0 Å². The van der Waals surface area contributed by atoms with Crippen LogP contribution >= 0.6 is 0 Å². The number of carbonyl (C=O) groups excluding carboxylic acids is 2. The van der Waals surface area contributed by atoms with Crippen molar-refractivity contribution in [3.05, 3.63) is 47.4 Å². The number of aromatic nitrogens is 1. The zero-order valence-corrected chi connectivity index (χ0v) is 12.4. The van der Waals surface area contributed by atoms with Crippen molar-refractivity contribution in [2.24, 2.45) is 0 Å². The zero-order valence-electron chi connectivity index (χ0n) is 12.4. The average Bonchev–Trinajstić information content (AvgIpc) is 2.48. The molecular weight excluding hydrogens is 287 g/mol. The highest BCUT2D eigenvalue weighted by Crippen LogP contribution is 2.29. The number of hydrogen-bond donors (Lipinski definition) is 1. The molecule has 0 bridgehead atoms. The van der Waals surface area contributed by atoms with Gasteiger partial charge in [0.05, 0.1) is 30.3 Å². The quantitative estimate of drug-likeness (QED) is 0.885. The predicted molar refractivity (Wildman–Crippen MR) is 80.0 cm³/mol. The van der Waals surface area contributed by atoms with Crippen LogP contribution in [-0.4, -0.2) is 24.0 Å². The van der Waals surface area contributed by atoms with Crippen LogP contribution in [0.25, 0.3) is 11.3 Å². The normalized spacial score (nSPS) is 10.2. The van der Waals surface area contributed by atoms with Gasteiger partial charge in [-0.3, -0.25) is 9.78 Å². The third-order valence-corrected chi connectivity index (χ3v) is 3.08. The fourth-order valence-corrected chi connectivity index (χ4v) is 2.09. The van der Waals surface area contributed by atoms with Crippen molar-refractivity contribution in [3.8, 4) is 11.3 Å². The molecule has 0 atom stereocenters. The van der Waals surface area contributed by atoms with Crippen LogP contribution < -0.4 is 5.32 Å². The summed E-state index contributed by atoms with van der Waals surface area (Å²) in [6, 6.07) is 6.07. The van der Waals surface area contributed by atoms with Crippen LogP contribution in [0.15, 0.2) is 30.5 Å². The van der Waals surface area contributed by atoms with Gasteiger partial charge in [0.25, 0.3) is 0 Å². The molecule has 1 N–H and O–H groups in total. The molecule has 0 saturated carbocycles. The molecule has 1 aromatic carbocycles. The fraction of sp³-hybridized carbons (Fsp3) is 0.188. The maximum absolute atomic E-state index is 13.0. The summed E-state index contributed by atoms with van der Waals surface area (Å²) in [6.07, 6.45) is 1.11. The van der Waals surface area contributed by atoms with Crippen molar-refractivity contribution in [2.75, 3.05) is 12.4 Å². The lowest BCUT2D eigenvalue weighted by Gasteiger charge is -2.13. The number of hydrogen-bond acceptors (Lipinski definition) is 4. The van der Waals surface area contributed by atoms with E-state index in [4.69, 9.17) is 4.74 Å². The van der Waals surface area contributed by atoms with Crippen LogP contribution in [0.3, 0.4) is 0 Å². The van der Waals surface area contributed by atoms with Crippen LogP contribution in [0.2, 0.25) is 0 Å². The number of halogens is 1. The first kappa shape index (κ1) is 15.6. The molecule has 0 unspecified atom stereocenters. The zero-order chi connectivity index (χ0) is 16.3. The lowest BCUT2D eigenvalue weighted by atomic mass is 10.00. The molecule has 0 saturated heterocycles. The summed E-state index contributed by atoms with van der Waals surface area (Å²) in [6.45, 7) is 3.14. The van der Waals surface area contributed by atoms with E-state index in [1.165, 1.54) is 26.2 Å². The van der Waals surface area contributed by atoms with E-state index in [2.05, 4.69) is 10.3 Å². The van der Waals surface area contributed by atoms with Gasteiger partial charge in [-0.25, -0.2) is 9.18 Å². The van der Waals surface area contributed by atoms with Crippen molar-refractivity contribution in [2.45, 2.75) is 13.8 Å². The van der Waals surface area contributed by atoms with E-state index in [0.717, 1.165) is 11.8 Å². The second kappa shape index (κ2) is 6.34. The molecule has 0 spiro atoms. The molecule has 1 amide bonds. The van der Waals surface area contributed by atoms with Gasteiger partial charge < -0.3 is 10.1 Å². The highest BCUT2D eigenvalue weighted by atomic mass is 19.1. The molecule has 0 aliphatic heterocycles. The standard InChI is InChI=1S/C16H15FN2O3/c1-9-6-13(16(21)22-3)15(19-10(2)20)7-12(9)14-5-4-11(17)8-18-14/h4-8H,1-3H3,(H,19,20). The number of methoxy groups -OCH3 is 1. The number of nitrogens with zero attached hydrogens (tertiary/aromatic N) is 1. The second-order valence-electron chi connectivity index (χ2n) is 4.75. The van der Waals surface area contributed by atoms with Crippen molar-refractivity contribution in [1.29, 1.82) is 0 Å². The lowest BCUT2D eigenvalue weighted by Crippen LogP contribution is -2.12. The Morgan fingerprint density at radius 1 is 1.27 bits per heavy atom. The van der Waals surface area contributed by atoms with Gasteiger partial charge in [-0.05, 0) is 36.8 Å². The van der Waals surface area contributed by atoms with Crippen LogP contribution in [0.1, 0.15) is 22.8 Å². The van der Waals surface area contributed by atoms with Crippen LogP contribution in [-0.2, 0) is 9.53 Å². The van der Waals surface area contributed by atoms with Crippen molar-refractivity contribution in [1.82, 2.24) is 4.98 Å². The molecule has 0 fully saturated rings. The molecule has 22 heavy (non-hydrogen) atoms. The molecular formula is C16H15FN2O3. The number of esters is 1. The van der Waals surface area contributed by atoms with E-state index < -0.39 is 11.8 Å². The summed E-state index contributed by atoms with van der Waals surface area (Å²) >= 11 is 0. The molecule has 1 heterocycles. The molecule has 6 heteroatoms. The van der Waals surface area contributed by atoms with E-state index in [-0.39, 0.29) is 11.5 Å². The van der Waals surface area contributed by atoms with Crippen LogP contribution in [0, 0.1) is 12.7 Å². The van der Waals surface area contributed by atoms with Gasteiger partial charge in [-0.2, -0.15) is 0 Å². The summed E-state index contributed by atoms with van der Waals surface area (Å²) in [5.74, 6) is -1.30. The summed E-state index contributed by atoms with van der Waals surface area (Å²) in [5.41, 5.74) is 2.57. The number of benzene rings is 1. The van der Waals surface area contributed by atoms with Gasteiger partial charge in [0, 0.05) is 12.5 Å². The Balaban J connectivity index is 2.58. The lowest BCUT2D eigenvalue weighted by molar-refractivity contribution is -0.114. The highest BCUT2D eigenvalue weighted by molar-refractivity contribution is 6.02. The van der Waals surface area contributed by atoms with Crippen LogP contribution in [0.4, 0.5) is 10.1 Å². The maximum Gasteiger partial charge on any atom is 0.339 e. The largest absolute Gasteiger partial charge is 0.465 e. The van der Waals surface area contributed by atoms with Gasteiger partial charge in [-0.1, -0.05) is 0 Å². The Bertz CT molecular complexity index is 727. The van der Waals surface area contributed by atoms with Gasteiger partial charge in [0.15, 0.2) is 0 Å². The van der Waals surface area contributed by atoms with Gasteiger partial charge in [0.2, 0.25) is 5.91 Å². The minimum Gasteiger partial charge on any atom is -0.465 e. The fourth-order valence-electron chi connectivity index (χ4n) is 2.09. The summed E-state index contributed by atoms with van der Waals surface area (Å²) in [7, 11) is 1.27. The number of ether oxygens (including phenoxy) is 1. The third-order valence-electron chi connectivity index (χ3n) is 3.08. The number of aryl methyl sites for hydroxylation is 1. The molecule has 0 aliphatic carbocycles. The first-order valence-corrected chi connectivity index (χ1v) is 6.55. The number of rotatable bonds is 3. The van der Waals surface area contributed by atoms with Gasteiger partial charge in [-0.15, -0.1) is 0 Å². The minimum atomic E-state index is -0.550. The van der Waals surface area contributed by atoms with E-state index >= 15 is 0 Å². The number of nitrogens with one attached hydrogen (secondary N) is 1. The molecule has 2 aromatic rings. The monoisotopic (exact) mass is 302 g/mol. The summed E-state index contributed by atoms with van der Waals surface area (Å²) in [5, 5.41) is 2.60. The van der Waals surface area contributed by atoms with E-state index in [0.29, 0.717) is 16.9 Å². The Labute approximate surface area is 127 Å². The summed E-state index contributed by atoms with van der Waals surface area (Å²) < 4.78 is 17.7. The first-order chi connectivity index (χ1) is 10.4. The molecule has 2 rings (SSSR count). The second-order valence-corrected chi connectivity index (χ2v) is 4.75. The Hall–Kier alpha value is -2.76. The van der Waals surface area contributed by atoms with Crippen LogP contribution in [0.5, 0.6) is 0 Å². The number of pyridine rings is 1. The van der Waals surface area contributed by atoms with Gasteiger partial charge >= 0.3 is 5.97 Å². The van der Waals surface area contributed by atoms with Gasteiger partial charge in [0.1, 0.15) is 5.82 Å². The molecule has 0 aliphatic rings. The maximum atomic E-state index is 13.0. The van der Waals surface area contributed by atoms with Crippen molar-refractivity contribution < 1.29 is 18.7 Å². The first-order valence-electron chi connectivity index (χ1n) is 6.55. The topological polar surface area (TPSA) is 68.3 Å². The molecule has 114 valence electrons. The van der Waals surface area contributed by atoms with Crippen molar-refractivity contribution >= 4 is 17.6 Å². The minimum absolute atomic E-state index is 0.251. The molecule has 1 aromatic heterocycles. The Morgan fingerprint density at radius 2 is 2.00 bits per heavy atom. The third kappa shape index (κ3) is 3.28. The number of carbonyl (C=O) groups is 2. The SMILES string of the molecule is COC(=O)c1cc(C)c(-c2ccc(F)cn2)cc1NC(C)=O. The Morgan fingerprint density at radius 3 is 2.55 bits per heavy atom. The predicted octanol–water partition coefficient (Wildman–Crippen LogP) is 2.94. The van der Waals surface area contributed by atoms with E-state index in [1.54, 1.807) is 19.1 Å². The summed E-state index contributed by atoms with van der Waals surface area (Å²) in [4.78, 5) is 27.2. The smallest absolute Gasteiger partial charge is 0.339 e. The average molecular weight is 302 g/mol. The molecule has 5 nitrogen and oxygen atoms in total.